The molecule has 3 unspecified atom stereocenters. The van der Waals surface area contributed by atoms with Crippen molar-refractivity contribution in [2.45, 2.75) is 31.2 Å². The van der Waals surface area contributed by atoms with E-state index in [9.17, 15) is 4.21 Å². The second kappa shape index (κ2) is 5.85. The Morgan fingerprint density at radius 2 is 2.28 bits per heavy atom. The molecule has 0 spiro atoms. The fourth-order valence-corrected chi connectivity index (χ4v) is 3.96. The SMILES string of the molecule is CCCNC1c2cc(OC)ccc2S(=O)CC1C. The molecule has 0 saturated heterocycles. The van der Waals surface area contributed by atoms with Crippen LogP contribution in [0.3, 0.4) is 0 Å². The average molecular weight is 267 g/mol. The molecule has 0 amide bonds. The van der Waals surface area contributed by atoms with E-state index < -0.39 is 10.8 Å². The number of nitrogens with one attached hydrogen (secondary N) is 1. The van der Waals surface area contributed by atoms with Crippen molar-refractivity contribution in [3.05, 3.63) is 23.8 Å². The topological polar surface area (TPSA) is 38.3 Å². The summed E-state index contributed by atoms with van der Waals surface area (Å²) < 4.78 is 17.4. The molecule has 1 aromatic carbocycles. The van der Waals surface area contributed by atoms with E-state index in [-0.39, 0.29) is 6.04 Å². The zero-order valence-electron chi connectivity index (χ0n) is 11.2. The summed E-state index contributed by atoms with van der Waals surface area (Å²) in [7, 11) is 0.789. The fourth-order valence-electron chi connectivity index (χ4n) is 2.45. The predicted molar refractivity (Wildman–Crippen MR) is 74.5 cm³/mol. The third-order valence-corrected chi connectivity index (χ3v) is 5.09. The molecule has 1 aliphatic rings. The molecule has 18 heavy (non-hydrogen) atoms. The van der Waals surface area contributed by atoms with Crippen molar-refractivity contribution in [3.63, 3.8) is 0 Å². The van der Waals surface area contributed by atoms with Gasteiger partial charge in [-0.1, -0.05) is 13.8 Å². The first-order valence-corrected chi connectivity index (χ1v) is 7.79. The van der Waals surface area contributed by atoms with E-state index in [0.717, 1.165) is 34.9 Å². The summed E-state index contributed by atoms with van der Waals surface area (Å²) in [6.07, 6.45) is 1.10. The highest BCUT2D eigenvalue weighted by Crippen LogP contribution is 2.35. The molecule has 3 atom stereocenters. The molecule has 1 aromatic rings. The van der Waals surface area contributed by atoms with Gasteiger partial charge in [0, 0.05) is 16.7 Å². The highest BCUT2D eigenvalue weighted by atomic mass is 32.2. The van der Waals surface area contributed by atoms with Gasteiger partial charge >= 0.3 is 0 Å². The highest BCUT2D eigenvalue weighted by molar-refractivity contribution is 7.85. The van der Waals surface area contributed by atoms with Gasteiger partial charge in [-0.05, 0) is 42.6 Å². The summed E-state index contributed by atoms with van der Waals surface area (Å²) >= 11 is 0. The first-order chi connectivity index (χ1) is 8.67. The van der Waals surface area contributed by atoms with Crippen molar-refractivity contribution < 1.29 is 8.95 Å². The standard InChI is InChI=1S/C14H21NO2S/c1-4-7-15-14-10(2)9-18(16)13-6-5-11(17-3)8-12(13)14/h5-6,8,10,14-15H,4,7,9H2,1-3H3. The van der Waals surface area contributed by atoms with Gasteiger partial charge in [-0.2, -0.15) is 0 Å². The number of fused-ring (bicyclic) bond motifs is 1. The zero-order chi connectivity index (χ0) is 13.1. The highest BCUT2D eigenvalue weighted by Gasteiger charge is 2.30. The Bertz CT molecular complexity index is 447. The molecule has 1 heterocycles. The molecule has 2 rings (SSSR count). The van der Waals surface area contributed by atoms with Crippen LogP contribution >= 0.6 is 0 Å². The molecule has 3 nitrogen and oxygen atoms in total. The fraction of sp³-hybridized carbons (Fsp3) is 0.571. The largest absolute Gasteiger partial charge is 0.497 e. The van der Waals surface area contributed by atoms with Crippen molar-refractivity contribution in [1.82, 2.24) is 5.32 Å². The van der Waals surface area contributed by atoms with Gasteiger partial charge in [-0.15, -0.1) is 0 Å². The van der Waals surface area contributed by atoms with Crippen LogP contribution in [-0.4, -0.2) is 23.6 Å². The van der Waals surface area contributed by atoms with Crippen LogP contribution in [0.1, 0.15) is 31.9 Å². The number of hydrogen-bond donors (Lipinski definition) is 1. The smallest absolute Gasteiger partial charge is 0.119 e. The Morgan fingerprint density at radius 3 is 2.94 bits per heavy atom. The van der Waals surface area contributed by atoms with E-state index in [1.165, 1.54) is 0 Å². The first kappa shape index (κ1) is 13.6. The van der Waals surface area contributed by atoms with Crippen LogP contribution in [0.5, 0.6) is 5.75 Å². The third-order valence-electron chi connectivity index (χ3n) is 3.39. The van der Waals surface area contributed by atoms with Crippen LogP contribution in [0.15, 0.2) is 23.1 Å². The van der Waals surface area contributed by atoms with Gasteiger partial charge in [0.05, 0.1) is 17.9 Å². The molecule has 1 aliphatic heterocycles. The average Bonchev–Trinajstić information content (AvgIpc) is 2.38. The summed E-state index contributed by atoms with van der Waals surface area (Å²) in [6, 6.07) is 6.14. The predicted octanol–water partition coefficient (Wildman–Crippen LogP) is 2.49. The van der Waals surface area contributed by atoms with Crippen LogP contribution in [0.25, 0.3) is 0 Å². The summed E-state index contributed by atoms with van der Waals surface area (Å²) in [6.45, 7) is 5.30. The zero-order valence-corrected chi connectivity index (χ0v) is 12.0. The second-order valence-corrected chi connectivity index (χ2v) is 6.29. The molecule has 0 aliphatic carbocycles. The summed E-state index contributed by atoms with van der Waals surface area (Å²) in [5, 5.41) is 3.56. The van der Waals surface area contributed by atoms with Crippen molar-refractivity contribution >= 4 is 10.8 Å². The Labute approximate surface area is 111 Å². The molecule has 100 valence electrons. The van der Waals surface area contributed by atoms with Gasteiger partial charge in [0.1, 0.15) is 5.75 Å². The first-order valence-electron chi connectivity index (χ1n) is 6.47. The minimum Gasteiger partial charge on any atom is -0.497 e. The van der Waals surface area contributed by atoms with Crippen LogP contribution in [0.2, 0.25) is 0 Å². The van der Waals surface area contributed by atoms with Gasteiger partial charge in [0.25, 0.3) is 0 Å². The van der Waals surface area contributed by atoms with Crippen molar-refractivity contribution in [1.29, 1.82) is 0 Å². The lowest BCUT2D eigenvalue weighted by atomic mass is 9.95. The monoisotopic (exact) mass is 267 g/mol. The van der Waals surface area contributed by atoms with Crippen LogP contribution in [0, 0.1) is 5.92 Å². The van der Waals surface area contributed by atoms with Gasteiger partial charge in [0.15, 0.2) is 0 Å². The summed E-state index contributed by atoms with van der Waals surface area (Å²) in [4.78, 5) is 0.961. The van der Waals surface area contributed by atoms with Crippen molar-refractivity contribution in [2.75, 3.05) is 19.4 Å². The maximum Gasteiger partial charge on any atom is 0.119 e. The lowest BCUT2D eigenvalue weighted by Crippen LogP contribution is -2.34. The molecular weight excluding hydrogens is 246 g/mol. The van der Waals surface area contributed by atoms with Gasteiger partial charge in [-0.3, -0.25) is 4.21 Å². The Morgan fingerprint density at radius 1 is 1.50 bits per heavy atom. The van der Waals surface area contributed by atoms with E-state index in [2.05, 4.69) is 19.2 Å². The lowest BCUT2D eigenvalue weighted by molar-refractivity contribution is 0.391. The number of methoxy groups -OCH3 is 1. The van der Waals surface area contributed by atoms with Gasteiger partial charge in [0.2, 0.25) is 0 Å². The molecule has 1 N–H and O–H groups in total. The third kappa shape index (κ3) is 2.59. The second-order valence-electron chi connectivity index (χ2n) is 4.83. The lowest BCUT2D eigenvalue weighted by Gasteiger charge is -2.31. The van der Waals surface area contributed by atoms with Gasteiger partial charge in [-0.25, -0.2) is 0 Å². The molecule has 0 bridgehead atoms. The molecule has 0 radical (unpaired) electrons. The minimum absolute atomic E-state index is 0.285. The number of benzene rings is 1. The van der Waals surface area contributed by atoms with E-state index >= 15 is 0 Å². The van der Waals surface area contributed by atoms with Crippen molar-refractivity contribution in [2.24, 2.45) is 5.92 Å². The molecule has 4 heteroatoms. The van der Waals surface area contributed by atoms with E-state index in [0.29, 0.717) is 5.92 Å². The Balaban J connectivity index is 2.38. The number of hydrogen-bond acceptors (Lipinski definition) is 3. The Kier molecular flexibility index (Phi) is 4.40. The van der Waals surface area contributed by atoms with Crippen LogP contribution in [0.4, 0.5) is 0 Å². The summed E-state index contributed by atoms with van der Waals surface area (Å²) in [5.41, 5.74) is 1.14. The Hall–Kier alpha value is -0.870. The van der Waals surface area contributed by atoms with Crippen molar-refractivity contribution in [3.8, 4) is 5.75 Å². The number of rotatable bonds is 4. The van der Waals surface area contributed by atoms with Crippen LogP contribution in [-0.2, 0) is 10.8 Å². The quantitative estimate of drug-likeness (QED) is 0.911. The summed E-state index contributed by atoms with van der Waals surface area (Å²) in [5.74, 6) is 1.96. The molecule has 0 saturated carbocycles. The van der Waals surface area contributed by atoms with E-state index in [1.54, 1.807) is 7.11 Å². The molecule has 0 aromatic heterocycles. The van der Waals surface area contributed by atoms with E-state index in [4.69, 9.17) is 4.74 Å². The maximum atomic E-state index is 12.2. The minimum atomic E-state index is -0.877. The maximum absolute atomic E-state index is 12.2. The normalized spacial score (nSPS) is 26.7. The van der Waals surface area contributed by atoms with E-state index in [1.807, 2.05) is 18.2 Å². The molecular formula is C14H21NO2S. The molecule has 0 fully saturated rings. The van der Waals surface area contributed by atoms with Crippen LogP contribution < -0.4 is 10.1 Å². The van der Waals surface area contributed by atoms with Gasteiger partial charge < -0.3 is 10.1 Å². The number of ether oxygens (including phenoxy) is 1.